The first-order valence-corrected chi connectivity index (χ1v) is 6.57. The topological polar surface area (TPSA) is 64.3 Å². The molecule has 6 heteroatoms. The van der Waals surface area contributed by atoms with E-state index in [1.807, 2.05) is 0 Å². The van der Waals surface area contributed by atoms with Crippen LogP contribution in [0.25, 0.3) is 0 Å². The molecule has 2 aromatic carbocycles. The predicted molar refractivity (Wildman–Crippen MR) is 79.1 cm³/mol. The Hall–Kier alpha value is -2.08. The summed E-state index contributed by atoms with van der Waals surface area (Å²) in [5.41, 5.74) is 6.78. The van der Waals surface area contributed by atoms with E-state index in [9.17, 15) is 9.18 Å². The van der Waals surface area contributed by atoms with Gasteiger partial charge in [-0.2, -0.15) is 0 Å². The number of amides is 1. The van der Waals surface area contributed by atoms with E-state index in [2.05, 4.69) is 21.2 Å². The average Bonchev–Trinajstić information content (AvgIpc) is 2.43. The molecule has 0 saturated carbocycles. The van der Waals surface area contributed by atoms with E-state index in [-0.39, 0.29) is 18.3 Å². The van der Waals surface area contributed by atoms with Crippen molar-refractivity contribution in [3.8, 4) is 5.75 Å². The Morgan fingerprint density at radius 1 is 1.25 bits per heavy atom. The van der Waals surface area contributed by atoms with Crippen molar-refractivity contribution in [3.05, 3.63) is 52.8 Å². The van der Waals surface area contributed by atoms with Crippen LogP contribution in [0.5, 0.6) is 5.75 Å². The number of carbonyl (C=O) groups excluding carboxylic acids is 1. The third-order valence-corrected chi connectivity index (χ3v) is 3.10. The van der Waals surface area contributed by atoms with Gasteiger partial charge in [0.1, 0.15) is 11.6 Å². The molecule has 0 radical (unpaired) electrons. The molecule has 0 aliphatic heterocycles. The summed E-state index contributed by atoms with van der Waals surface area (Å²) in [6, 6.07) is 11.0. The van der Waals surface area contributed by atoms with Crippen molar-refractivity contribution in [1.82, 2.24) is 0 Å². The molecule has 0 atom stereocenters. The van der Waals surface area contributed by atoms with Crippen molar-refractivity contribution in [2.75, 3.05) is 17.7 Å². The van der Waals surface area contributed by atoms with Crippen LogP contribution in [0, 0.1) is 5.82 Å². The van der Waals surface area contributed by atoms with Gasteiger partial charge in [-0.25, -0.2) is 4.39 Å². The predicted octanol–water partition coefficient (Wildman–Crippen LogP) is 3.19. The number of halogens is 2. The maximum absolute atomic E-state index is 13.2. The number of benzene rings is 2. The summed E-state index contributed by atoms with van der Waals surface area (Å²) in [4.78, 5) is 11.7. The highest BCUT2D eigenvalue weighted by Crippen LogP contribution is 2.20. The Morgan fingerprint density at radius 3 is 2.60 bits per heavy atom. The van der Waals surface area contributed by atoms with E-state index < -0.39 is 5.82 Å². The van der Waals surface area contributed by atoms with Gasteiger partial charge in [-0.05, 0) is 52.3 Å². The highest BCUT2D eigenvalue weighted by Gasteiger charge is 2.06. The number of carbonyl (C=O) groups is 1. The summed E-state index contributed by atoms with van der Waals surface area (Å²) >= 11 is 3.04. The lowest BCUT2D eigenvalue weighted by atomic mass is 10.3. The summed E-state index contributed by atoms with van der Waals surface area (Å²) in [6.07, 6.45) is 0. The number of anilines is 2. The molecule has 0 fully saturated rings. The van der Waals surface area contributed by atoms with Crippen LogP contribution in [0.2, 0.25) is 0 Å². The zero-order valence-electron chi connectivity index (χ0n) is 10.4. The molecule has 104 valence electrons. The largest absolute Gasteiger partial charge is 0.484 e. The minimum absolute atomic E-state index is 0.203. The molecule has 1 amide bonds. The van der Waals surface area contributed by atoms with Crippen molar-refractivity contribution >= 4 is 33.2 Å². The number of hydrogen-bond acceptors (Lipinski definition) is 3. The van der Waals surface area contributed by atoms with Crippen LogP contribution in [-0.2, 0) is 4.79 Å². The van der Waals surface area contributed by atoms with Gasteiger partial charge in [0.05, 0.1) is 4.47 Å². The lowest BCUT2D eigenvalue weighted by Gasteiger charge is -2.08. The first kappa shape index (κ1) is 14.3. The van der Waals surface area contributed by atoms with E-state index in [1.54, 1.807) is 30.3 Å². The van der Waals surface area contributed by atoms with E-state index in [4.69, 9.17) is 10.5 Å². The molecule has 0 aliphatic rings. The molecule has 0 heterocycles. The van der Waals surface area contributed by atoms with Crippen molar-refractivity contribution < 1.29 is 13.9 Å². The quantitative estimate of drug-likeness (QED) is 0.841. The van der Waals surface area contributed by atoms with Crippen molar-refractivity contribution in [3.63, 3.8) is 0 Å². The van der Waals surface area contributed by atoms with Gasteiger partial charge in [0, 0.05) is 17.4 Å². The molecule has 0 unspecified atom stereocenters. The summed E-state index contributed by atoms with van der Waals surface area (Å²) in [5.74, 6) is -0.488. The number of rotatable bonds is 4. The van der Waals surface area contributed by atoms with Gasteiger partial charge < -0.3 is 15.8 Å². The number of nitrogens with two attached hydrogens (primary N) is 1. The first-order valence-electron chi connectivity index (χ1n) is 5.78. The molecule has 0 aliphatic carbocycles. The third kappa shape index (κ3) is 3.96. The van der Waals surface area contributed by atoms with Gasteiger partial charge in [-0.3, -0.25) is 4.79 Å². The zero-order chi connectivity index (χ0) is 14.5. The molecule has 0 spiro atoms. The standard InChI is InChI=1S/C14H12BrFN2O2/c15-12-6-5-11(7-13(12)16)20-8-14(19)18-10-3-1-9(17)2-4-10/h1-7H,8,17H2,(H,18,19). The molecule has 2 aromatic rings. The SMILES string of the molecule is Nc1ccc(NC(=O)COc2ccc(Br)c(F)c2)cc1. The van der Waals surface area contributed by atoms with Crippen molar-refractivity contribution in [1.29, 1.82) is 0 Å². The van der Waals surface area contributed by atoms with Gasteiger partial charge in [0.2, 0.25) is 0 Å². The van der Waals surface area contributed by atoms with Gasteiger partial charge in [0.15, 0.2) is 6.61 Å². The molecule has 2 rings (SSSR count). The summed E-state index contributed by atoms with van der Waals surface area (Å²) in [6.45, 7) is -0.203. The van der Waals surface area contributed by atoms with Crippen LogP contribution in [-0.4, -0.2) is 12.5 Å². The normalized spacial score (nSPS) is 10.1. The maximum Gasteiger partial charge on any atom is 0.262 e. The van der Waals surface area contributed by atoms with Crippen LogP contribution in [0.4, 0.5) is 15.8 Å². The van der Waals surface area contributed by atoms with Gasteiger partial charge in [0.25, 0.3) is 5.91 Å². The fourth-order valence-corrected chi connectivity index (χ4v) is 1.73. The highest BCUT2D eigenvalue weighted by molar-refractivity contribution is 9.10. The van der Waals surface area contributed by atoms with Gasteiger partial charge in [-0.1, -0.05) is 0 Å². The number of ether oxygens (including phenoxy) is 1. The minimum Gasteiger partial charge on any atom is -0.484 e. The minimum atomic E-state index is -0.443. The Balaban J connectivity index is 1.88. The summed E-state index contributed by atoms with van der Waals surface area (Å²) in [7, 11) is 0. The molecule has 0 saturated heterocycles. The molecule has 4 nitrogen and oxygen atoms in total. The van der Waals surface area contributed by atoms with Gasteiger partial charge in [-0.15, -0.1) is 0 Å². The Kier molecular flexibility index (Phi) is 4.57. The lowest BCUT2D eigenvalue weighted by molar-refractivity contribution is -0.118. The maximum atomic E-state index is 13.2. The van der Waals surface area contributed by atoms with Gasteiger partial charge >= 0.3 is 0 Å². The molecule has 3 N–H and O–H groups in total. The van der Waals surface area contributed by atoms with E-state index in [0.29, 0.717) is 15.8 Å². The first-order chi connectivity index (χ1) is 9.54. The molecular weight excluding hydrogens is 327 g/mol. The van der Waals surface area contributed by atoms with Crippen LogP contribution in [0.1, 0.15) is 0 Å². The Bertz CT molecular complexity index is 617. The summed E-state index contributed by atoms with van der Waals surface area (Å²) < 4.78 is 18.8. The monoisotopic (exact) mass is 338 g/mol. The van der Waals surface area contributed by atoms with E-state index in [1.165, 1.54) is 12.1 Å². The Morgan fingerprint density at radius 2 is 1.95 bits per heavy atom. The van der Waals surface area contributed by atoms with Crippen LogP contribution in [0.3, 0.4) is 0 Å². The summed E-state index contributed by atoms with van der Waals surface area (Å²) in [5, 5.41) is 2.64. The van der Waals surface area contributed by atoms with E-state index in [0.717, 1.165) is 0 Å². The van der Waals surface area contributed by atoms with Crippen molar-refractivity contribution in [2.45, 2.75) is 0 Å². The average molecular weight is 339 g/mol. The number of nitrogens with one attached hydrogen (secondary N) is 1. The molecular formula is C14H12BrFN2O2. The number of nitrogen functional groups attached to an aromatic ring is 1. The fourth-order valence-electron chi connectivity index (χ4n) is 1.48. The zero-order valence-corrected chi connectivity index (χ0v) is 12.0. The fraction of sp³-hybridized carbons (Fsp3) is 0.0714. The third-order valence-electron chi connectivity index (χ3n) is 2.46. The molecule has 20 heavy (non-hydrogen) atoms. The molecule has 0 aromatic heterocycles. The smallest absolute Gasteiger partial charge is 0.262 e. The number of hydrogen-bond donors (Lipinski definition) is 2. The van der Waals surface area contributed by atoms with Crippen LogP contribution < -0.4 is 15.8 Å². The molecule has 0 bridgehead atoms. The second kappa shape index (κ2) is 6.38. The van der Waals surface area contributed by atoms with Crippen LogP contribution >= 0.6 is 15.9 Å². The highest BCUT2D eigenvalue weighted by atomic mass is 79.9. The van der Waals surface area contributed by atoms with E-state index >= 15 is 0 Å². The second-order valence-electron chi connectivity index (χ2n) is 4.03. The second-order valence-corrected chi connectivity index (χ2v) is 4.89. The van der Waals surface area contributed by atoms with Crippen LogP contribution in [0.15, 0.2) is 46.9 Å². The Labute approximate surface area is 123 Å². The van der Waals surface area contributed by atoms with Crippen molar-refractivity contribution in [2.24, 2.45) is 0 Å². The lowest BCUT2D eigenvalue weighted by Crippen LogP contribution is -2.20.